The SMILES string of the molecule is Cc1cc(C)c(C(N)C23CC4CC(CC(C)(C4)C2)C3)s1. The molecule has 1 aromatic heterocycles. The molecule has 2 N–H and O–H groups in total. The van der Waals surface area contributed by atoms with Gasteiger partial charge in [-0.15, -0.1) is 11.3 Å². The fourth-order valence-corrected chi connectivity index (χ4v) is 7.59. The number of hydrogen-bond acceptors (Lipinski definition) is 2. The summed E-state index contributed by atoms with van der Waals surface area (Å²) in [4.78, 5) is 2.90. The van der Waals surface area contributed by atoms with Gasteiger partial charge in [0.2, 0.25) is 0 Å². The zero-order chi connectivity index (χ0) is 14.1. The maximum atomic E-state index is 6.88. The van der Waals surface area contributed by atoms with Gasteiger partial charge in [-0.25, -0.2) is 0 Å². The molecule has 1 heterocycles. The summed E-state index contributed by atoms with van der Waals surface area (Å²) in [6, 6.07) is 2.61. The van der Waals surface area contributed by atoms with Crippen molar-refractivity contribution < 1.29 is 0 Å². The van der Waals surface area contributed by atoms with Crippen molar-refractivity contribution >= 4 is 11.3 Å². The largest absolute Gasteiger partial charge is 0.323 e. The van der Waals surface area contributed by atoms with Crippen LogP contribution in [0.1, 0.15) is 66.8 Å². The molecule has 0 aliphatic heterocycles. The number of nitrogens with two attached hydrogens (primary N) is 1. The van der Waals surface area contributed by atoms with Crippen molar-refractivity contribution in [1.82, 2.24) is 0 Å². The van der Waals surface area contributed by atoms with E-state index in [1.54, 1.807) is 0 Å². The molecule has 4 fully saturated rings. The summed E-state index contributed by atoms with van der Waals surface area (Å²) in [5.41, 5.74) is 9.33. The average molecular weight is 289 g/mol. The predicted molar refractivity (Wildman–Crippen MR) is 85.9 cm³/mol. The Morgan fingerprint density at radius 1 is 1.20 bits per heavy atom. The van der Waals surface area contributed by atoms with Gasteiger partial charge in [0.05, 0.1) is 0 Å². The quantitative estimate of drug-likeness (QED) is 0.817. The van der Waals surface area contributed by atoms with E-state index in [4.69, 9.17) is 5.73 Å². The van der Waals surface area contributed by atoms with E-state index in [1.165, 1.54) is 53.8 Å². The fraction of sp³-hybridized carbons (Fsp3) is 0.778. The second kappa shape index (κ2) is 4.10. The van der Waals surface area contributed by atoms with Gasteiger partial charge in [0.1, 0.15) is 0 Å². The first-order chi connectivity index (χ1) is 9.39. The van der Waals surface area contributed by atoms with Crippen LogP contribution in [0.3, 0.4) is 0 Å². The van der Waals surface area contributed by atoms with Crippen LogP contribution in [-0.4, -0.2) is 0 Å². The van der Waals surface area contributed by atoms with E-state index >= 15 is 0 Å². The summed E-state index contributed by atoms with van der Waals surface area (Å²) in [5.74, 6) is 1.93. The zero-order valence-electron chi connectivity index (χ0n) is 13.0. The molecule has 0 radical (unpaired) electrons. The van der Waals surface area contributed by atoms with E-state index in [9.17, 15) is 0 Å². The van der Waals surface area contributed by atoms with E-state index in [0.29, 0.717) is 10.8 Å². The van der Waals surface area contributed by atoms with Crippen molar-refractivity contribution in [1.29, 1.82) is 0 Å². The minimum atomic E-state index is 0.284. The average Bonchev–Trinajstić information content (AvgIpc) is 2.64. The second-order valence-corrected chi connectivity index (χ2v) is 9.80. The summed E-state index contributed by atoms with van der Waals surface area (Å²) in [6.07, 6.45) is 8.62. The molecule has 2 heteroatoms. The van der Waals surface area contributed by atoms with Crippen molar-refractivity contribution in [2.24, 2.45) is 28.4 Å². The predicted octanol–water partition coefficient (Wildman–Crippen LogP) is 4.97. The molecular formula is C18H27NS. The number of hydrogen-bond donors (Lipinski definition) is 1. The lowest BCUT2D eigenvalue weighted by Crippen LogP contribution is -2.54. The van der Waals surface area contributed by atoms with Crippen molar-refractivity contribution in [2.75, 3.05) is 0 Å². The van der Waals surface area contributed by atoms with Crippen LogP contribution >= 0.6 is 11.3 Å². The maximum absolute atomic E-state index is 6.88. The lowest BCUT2D eigenvalue weighted by molar-refractivity contribution is -0.113. The molecular weight excluding hydrogens is 262 g/mol. The molecule has 0 amide bonds. The topological polar surface area (TPSA) is 26.0 Å². The lowest BCUT2D eigenvalue weighted by atomic mass is 9.43. The Hall–Kier alpha value is -0.340. The van der Waals surface area contributed by atoms with Crippen molar-refractivity contribution in [2.45, 2.75) is 65.3 Å². The first-order valence-electron chi connectivity index (χ1n) is 8.22. The highest BCUT2D eigenvalue weighted by Crippen LogP contribution is 2.68. The highest BCUT2D eigenvalue weighted by molar-refractivity contribution is 7.12. The van der Waals surface area contributed by atoms with E-state index < -0.39 is 0 Å². The molecule has 4 saturated carbocycles. The molecule has 0 spiro atoms. The molecule has 20 heavy (non-hydrogen) atoms. The third kappa shape index (κ3) is 1.84. The van der Waals surface area contributed by atoms with E-state index in [-0.39, 0.29) is 6.04 Å². The van der Waals surface area contributed by atoms with Crippen molar-refractivity contribution in [3.8, 4) is 0 Å². The summed E-state index contributed by atoms with van der Waals surface area (Å²) in [5, 5.41) is 0. The fourth-order valence-electron chi connectivity index (χ4n) is 6.41. The smallest absolute Gasteiger partial charge is 0.0450 e. The molecule has 0 saturated heterocycles. The zero-order valence-corrected chi connectivity index (χ0v) is 13.9. The Balaban J connectivity index is 1.72. The maximum Gasteiger partial charge on any atom is 0.0450 e. The van der Waals surface area contributed by atoms with Gasteiger partial charge in [-0.1, -0.05) is 6.92 Å². The van der Waals surface area contributed by atoms with Crippen LogP contribution in [0.25, 0.3) is 0 Å². The van der Waals surface area contributed by atoms with Gasteiger partial charge >= 0.3 is 0 Å². The van der Waals surface area contributed by atoms with Crippen LogP contribution in [0.4, 0.5) is 0 Å². The molecule has 1 aromatic rings. The van der Waals surface area contributed by atoms with Gasteiger partial charge in [-0.05, 0) is 86.7 Å². The first kappa shape index (κ1) is 13.3. The van der Waals surface area contributed by atoms with E-state index in [0.717, 1.165) is 11.8 Å². The Kier molecular flexibility index (Phi) is 2.74. The van der Waals surface area contributed by atoms with Crippen LogP contribution < -0.4 is 5.73 Å². The van der Waals surface area contributed by atoms with Gasteiger partial charge in [-0.3, -0.25) is 0 Å². The summed E-state index contributed by atoms with van der Waals surface area (Å²) < 4.78 is 0. The van der Waals surface area contributed by atoms with E-state index in [1.807, 2.05) is 11.3 Å². The molecule has 3 atom stereocenters. The summed E-state index contributed by atoms with van der Waals surface area (Å²) in [6.45, 7) is 7.01. The lowest BCUT2D eigenvalue weighted by Gasteiger charge is -2.63. The number of thiophene rings is 1. The van der Waals surface area contributed by atoms with E-state index in [2.05, 4.69) is 26.8 Å². The van der Waals surface area contributed by atoms with Crippen LogP contribution in [0.5, 0.6) is 0 Å². The second-order valence-electron chi connectivity index (χ2n) is 8.52. The van der Waals surface area contributed by atoms with Crippen LogP contribution in [-0.2, 0) is 0 Å². The van der Waals surface area contributed by atoms with Gasteiger partial charge in [0.25, 0.3) is 0 Å². The minimum Gasteiger partial charge on any atom is -0.323 e. The van der Waals surface area contributed by atoms with Crippen molar-refractivity contribution in [3.63, 3.8) is 0 Å². The van der Waals surface area contributed by atoms with Crippen LogP contribution in [0.2, 0.25) is 0 Å². The molecule has 3 unspecified atom stereocenters. The molecule has 1 nitrogen and oxygen atoms in total. The third-order valence-electron chi connectivity index (χ3n) is 6.42. The molecule has 110 valence electrons. The monoisotopic (exact) mass is 289 g/mol. The Bertz CT molecular complexity index is 530. The summed E-state index contributed by atoms with van der Waals surface area (Å²) in [7, 11) is 0. The molecule has 5 rings (SSSR count). The van der Waals surface area contributed by atoms with Gasteiger partial charge in [0, 0.05) is 15.8 Å². The third-order valence-corrected chi connectivity index (χ3v) is 7.66. The highest BCUT2D eigenvalue weighted by atomic mass is 32.1. The Morgan fingerprint density at radius 2 is 1.85 bits per heavy atom. The standard InChI is InChI=1S/C18H27NS/c1-11-4-12(2)20-15(11)16(19)18-8-13-5-14(9-18)7-17(3,6-13)10-18/h4,13-14,16H,5-10,19H2,1-3H3. The van der Waals surface area contributed by atoms with Crippen molar-refractivity contribution in [3.05, 3.63) is 21.4 Å². The van der Waals surface area contributed by atoms with Gasteiger partial charge in [-0.2, -0.15) is 0 Å². The molecule has 4 aliphatic rings. The van der Waals surface area contributed by atoms with Gasteiger partial charge in [0.15, 0.2) is 0 Å². The van der Waals surface area contributed by atoms with Gasteiger partial charge < -0.3 is 5.73 Å². The Labute approximate surface area is 127 Å². The normalized spacial score (nSPS) is 44.0. The van der Waals surface area contributed by atoms with Crippen LogP contribution in [0.15, 0.2) is 6.07 Å². The summed E-state index contributed by atoms with van der Waals surface area (Å²) >= 11 is 1.95. The minimum absolute atomic E-state index is 0.284. The molecule has 4 aliphatic carbocycles. The molecule has 0 aromatic carbocycles. The number of rotatable bonds is 2. The Morgan fingerprint density at radius 3 is 2.35 bits per heavy atom. The first-order valence-corrected chi connectivity index (χ1v) is 9.03. The number of aryl methyl sites for hydroxylation is 2. The highest BCUT2D eigenvalue weighted by Gasteiger charge is 2.58. The molecule has 4 bridgehead atoms. The van der Waals surface area contributed by atoms with Crippen LogP contribution in [0, 0.1) is 36.5 Å².